The second kappa shape index (κ2) is 12.1. The number of nitrogens with one attached hydrogen (secondary N) is 1. The number of hydrogen-bond acceptors (Lipinski definition) is 4. The van der Waals surface area contributed by atoms with Gasteiger partial charge in [-0.3, -0.25) is 9.78 Å². The summed E-state index contributed by atoms with van der Waals surface area (Å²) < 4.78 is 1.07. The van der Waals surface area contributed by atoms with Gasteiger partial charge in [-0.2, -0.15) is 9.94 Å². The fraction of sp³-hybridized carbons (Fsp3) is 0.379. The Kier molecular flexibility index (Phi) is 9.53. The van der Waals surface area contributed by atoms with Crippen LogP contribution in [0.1, 0.15) is 80.1 Å². The summed E-state index contributed by atoms with van der Waals surface area (Å²) in [6.07, 6.45) is 4.08. The number of H-pyrrole nitrogens is 1. The predicted octanol–water partition coefficient (Wildman–Crippen LogP) is 5.78. The van der Waals surface area contributed by atoms with Crippen LogP contribution in [0.5, 0.6) is 0 Å². The van der Waals surface area contributed by atoms with Crippen LogP contribution in [-0.4, -0.2) is 14.8 Å². The van der Waals surface area contributed by atoms with E-state index in [0.717, 1.165) is 28.7 Å². The Morgan fingerprint density at radius 3 is 2.26 bits per heavy atom. The first kappa shape index (κ1) is 27.5. The number of allylic oxidation sites excluding steroid dienone is 2. The van der Waals surface area contributed by atoms with Crippen molar-refractivity contribution in [1.29, 1.82) is 5.26 Å². The highest BCUT2D eigenvalue weighted by Gasteiger charge is 2.14. The molecule has 0 saturated heterocycles. The summed E-state index contributed by atoms with van der Waals surface area (Å²) in [6.45, 7) is 16.8. The Labute approximate surface area is 208 Å². The van der Waals surface area contributed by atoms with Crippen LogP contribution in [0.15, 0.2) is 46.0 Å². The molecule has 35 heavy (non-hydrogen) atoms. The van der Waals surface area contributed by atoms with E-state index in [2.05, 4.69) is 62.1 Å². The van der Waals surface area contributed by atoms with Gasteiger partial charge in [0.05, 0.1) is 5.69 Å². The zero-order chi connectivity index (χ0) is 26.3. The van der Waals surface area contributed by atoms with Gasteiger partial charge in [0.25, 0.3) is 5.56 Å². The van der Waals surface area contributed by atoms with E-state index in [9.17, 15) is 9.59 Å². The Morgan fingerprint density at radius 2 is 1.71 bits per heavy atom. The molecular weight excluding hydrogens is 436 g/mol. The molecule has 0 spiro atoms. The van der Waals surface area contributed by atoms with Gasteiger partial charge in [0.1, 0.15) is 6.07 Å². The lowest BCUT2D eigenvalue weighted by molar-refractivity contribution is 0.738. The van der Waals surface area contributed by atoms with E-state index in [-0.39, 0.29) is 5.69 Å². The highest BCUT2D eigenvalue weighted by molar-refractivity contribution is 5.70. The second-order valence-electron chi connectivity index (χ2n) is 8.74. The van der Waals surface area contributed by atoms with E-state index in [0.29, 0.717) is 11.6 Å². The molecule has 0 aliphatic rings. The zero-order valence-corrected chi connectivity index (χ0v) is 22.1. The largest absolute Gasteiger partial charge is 0.349 e. The molecule has 2 aromatic carbocycles. The van der Waals surface area contributed by atoms with Gasteiger partial charge >= 0.3 is 5.69 Å². The zero-order valence-electron chi connectivity index (χ0n) is 22.1. The van der Waals surface area contributed by atoms with Crippen molar-refractivity contribution in [2.24, 2.45) is 5.92 Å². The van der Waals surface area contributed by atoms with E-state index < -0.39 is 11.2 Å². The number of aromatic nitrogens is 3. The summed E-state index contributed by atoms with van der Waals surface area (Å²) in [5.41, 5.74) is 7.09. The van der Waals surface area contributed by atoms with Crippen LogP contribution in [0.2, 0.25) is 0 Å². The molecule has 1 N–H and O–H groups in total. The summed E-state index contributed by atoms with van der Waals surface area (Å²) in [7, 11) is 0. The molecule has 1 aromatic heterocycles. The van der Waals surface area contributed by atoms with Gasteiger partial charge in [-0.05, 0) is 90.6 Å². The van der Waals surface area contributed by atoms with E-state index in [1.807, 2.05) is 39.8 Å². The van der Waals surface area contributed by atoms with Crippen molar-refractivity contribution in [2.45, 2.75) is 68.2 Å². The molecule has 0 radical (unpaired) electrons. The second-order valence-corrected chi connectivity index (χ2v) is 8.74. The molecule has 6 nitrogen and oxygen atoms in total. The highest BCUT2D eigenvalue weighted by Crippen LogP contribution is 2.29. The first-order valence-corrected chi connectivity index (χ1v) is 12.2. The van der Waals surface area contributed by atoms with Crippen molar-refractivity contribution >= 4 is 5.57 Å². The van der Waals surface area contributed by atoms with Gasteiger partial charge in [0.2, 0.25) is 5.69 Å². The number of nitrogens with zero attached hydrogens (tertiary/aromatic N) is 3. The molecule has 0 bridgehead atoms. The fourth-order valence-corrected chi connectivity index (χ4v) is 4.19. The number of rotatable bonds is 6. The van der Waals surface area contributed by atoms with Crippen LogP contribution in [0.3, 0.4) is 0 Å². The molecule has 0 unspecified atom stereocenters. The van der Waals surface area contributed by atoms with Crippen molar-refractivity contribution in [2.75, 3.05) is 0 Å². The lowest BCUT2D eigenvalue weighted by atomic mass is 9.88. The number of aromatic amines is 1. The molecular formula is C29H36N4O2. The molecule has 6 heteroatoms. The minimum Gasteiger partial charge on any atom is -0.270 e. The quantitative estimate of drug-likeness (QED) is 0.492. The maximum Gasteiger partial charge on any atom is 0.349 e. The van der Waals surface area contributed by atoms with E-state index in [1.165, 1.54) is 27.8 Å². The highest BCUT2D eigenvalue weighted by atomic mass is 16.2. The van der Waals surface area contributed by atoms with Crippen molar-refractivity contribution in [3.05, 3.63) is 96.3 Å². The lowest BCUT2D eigenvalue weighted by Gasteiger charge is -2.18. The van der Waals surface area contributed by atoms with E-state index >= 15 is 0 Å². The summed E-state index contributed by atoms with van der Waals surface area (Å²) in [5, 5.41) is 13.0. The van der Waals surface area contributed by atoms with Gasteiger partial charge in [0, 0.05) is 0 Å². The predicted molar refractivity (Wildman–Crippen MR) is 143 cm³/mol. The Balaban J connectivity index is 0.00000210. The average molecular weight is 473 g/mol. The molecule has 0 amide bonds. The first-order valence-electron chi connectivity index (χ1n) is 12.2. The van der Waals surface area contributed by atoms with Crippen molar-refractivity contribution in [1.82, 2.24) is 14.8 Å². The van der Waals surface area contributed by atoms with Crippen LogP contribution in [0.4, 0.5) is 0 Å². The van der Waals surface area contributed by atoms with Gasteiger partial charge < -0.3 is 0 Å². The monoisotopic (exact) mass is 472 g/mol. The number of aryl methyl sites for hydroxylation is 3. The Hall–Kier alpha value is -3.72. The topological polar surface area (TPSA) is 91.5 Å². The molecule has 1 heterocycles. The molecule has 0 aliphatic carbocycles. The normalized spacial score (nSPS) is 11.1. The molecule has 184 valence electrons. The summed E-state index contributed by atoms with van der Waals surface area (Å²) >= 11 is 0. The van der Waals surface area contributed by atoms with Gasteiger partial charge in [0.15, 0.2) is 0 Å². The Morgan fingerprint density at radius 1 is 1.09 bits per heavy atom. The van der Waals surface area contributed by atoms with Crippen LogP contribution < -0.4 is 11.2 Å². The minimum atomic E-state index is -0.781. The van der Waals surface area contributed by atoms with Crippen LogP contribution in [0, 0.1) is 38.0 Å². The molecule has 3 rings (SSSR count). The fourth-order valence-electron chi connectivity index (χ4n) is 4.19. The average Bonchev–Trinajstić information content (AvgIpc) is 2.82. The summed E-state index contributed by atoms with van der Waals surface area (Å²) in [4.78, 5) is 26.1. The third-order valence-electron chi connectivity index (χ3n) is 5.90. The van der Waals surface area contributed by atoms with Gasteiger partial charge in [-0.25, -0.2) is 4.79 Å². The number of hydrogen-bond donors (Lipinski definition) is 1. The molecule has 3 aromatic rings. The molecule has 0 saturated carbocycles. The third-order valence-corrected chi connectivity index (χ3v) is 5.90. The Bertz CT molecular complexity index is 1360. The minimum absolute atomic E-state index is 0.345. The van der Waals surface area contributed by atoms with E-state index in [4.69, 9.17) is 5.26 Å². The SMILES string of the molecule is CC.CC/C=C(\c1cc(Cc2c(C)cc(-n3nc(C#N)c(=O)[nH]c3=O)cc2C)ccc1C)C(C)C. The van der Waals surface area contributed by atoms with Crippen LogP contribution in [-0.2, 0) is 6.42 Å². The standard InChI is InChI=1S/C27H30N4O2.C2H6/c1-7-8-22(16(2)3)24-14-20(10-9-17(24)4)13-23-18(5)11-21(12-19(23)6)31-27(33)29-26(32)25(15-28)30-31;1-2/h8-12,14,16H,7,13H2,1-6H3,(H,29,32,33);1-2H3/b22-8-;. The maximum atomic E-state index is 12.3. The van der Waals surface area contributed by atoms with Gasteiger partial charge in [-0.1, -0.05) is 58.9 Å². The maximum absolute atomic E-state index is 12.3. The summed E-state index contributed by atoms with van der Waals surface area (Å²) in [6, 6.07) is 12.1. The van der Waals surface area contributed by atoms with E-state index in [1.54, 1.807) is 6.07 Å². The van der Waals surface area contributed by atoms with Crippen molar-refractivity contribution < 1.29 is 0 Å². The third kappa shape index (κ3) is 6.24. The van der Waals surface area contributed by atoms with Crippen molar-refractivity contribution in [3.8, 4) is 11.8 Å². The smallest absolute Gasteiger partial charge is 0.270 e. The lowest BCUT2D eigenvalue weighted by Crippen LogP contribution is -2.33. The molecule has 0 aliphatic heterocycles. The van der Waals surface area contributed by atoms with Gasteiger partial charge in [-0.15, -0.1) is 5.10 Å². The number of benzene rings is 2. The van der Waals surface area contributed by atoms with Crippen LogP contribution in [0.25, 0.3) is 11.3 Å². The van der Waals surface area contributed by atoms with Crippen LogP contribution >= 0.6 is 0 Å². The molecule has 0 atom stereocenters. The number of nitriles is 1. The molecule has 0 fully saturated rings. The van der Waals surface area contributed by atoms with Crippen molar-refractivity contribution in [3.63, 3.8) is 0 Å². The summed E-state index contributed by atoms with van der Waals surface area (Å²) in [5.74, 6) is 0.447. The first-order chi connectivity index (χ1) is 16.7.